The Hall–Kier alpha value is -5.13. The first-order chi connectivity index (χ1) is 20.9. The highest BCUT2D eigenvalue weighted by molar-refractivity contribution is 5.95. The smallest absolute Gasteiger partial charge is 0.314 e. The van der Waals surface area contributed by atoms with Crippen molar-refractivity contribution in [3.8, 4) is 29.0 Å². The van der Waals surface area contributed by atoms with Crippen LogP contribution in [0, 0.1) is 5.82 Å². The molecule has 0 radical (unpaired) electrons. The Morgan fingerprint density at radius 3 is 2.67 bits per heavy atom. The van der Waals surface area contributed by atoms with Crippen molar-refractivity contribution in [2.24, 2.45) is 7.05 Å². The molecule has 1 aromatic heterocycles. The van der Waals surface area contributed by atoms with Gasteiger partial charge in [-0.25, -0.2) is 9.07 Å². The van der Waals surface area contributed by atoms with Crippen molar-refractivity contribution < 1.29 is 32.9 Å². The van der Waals surface area contributed by atoms with Crippen molar-refractivity contribution in [2.45, 2.75) is 18.9 Å². The van der Waals surface area contributed by atoms with Crippen molar-refractivity contribution >= 4 is 11.8 Å². The number of amides is 2. The zero-order valence-corrected chi connectivity index (χ0v) is 23.9. The molecule has 12 heteroatoms. The number of benzene rings is 3. The summed E-state index contributed by atoms with van der Waals surface area (Å²) in [5.41, 5.74) is 2.56. The van der Waals surface area contributed by atoms with E-state index in [4.69, 9.17) is 18.9 Å². The lowest BCUT2D eigenvalue weighted by molar-refractivity contribution is 0.0681. The van der Waals surface area contributed by atoms with Crippen LogP contribution in [0.25, 0.3) is 0 Å². The standard InChI is InChI=1S/C31H30FN5O6/c1-36-31(41-3)34-28(35-36)30(39)37-13-11-18-15-20-6-8-22(18)27(37)19-5-10-25(40-2)26(16-19)42-14-4-12-33-29(38)23-17-21(43-20)7-9-24(23)32/h5-10,15-17,27H,4,11-14H2,1-3H3,(H,33,38). The van der Waals surface area contributed by atoms with Gasteiger partial charge in [-0.2, -0.15) is 4.98 Å². The second kappa shape index (κ2) is 11.6. The number of hydrogen-bond donors (Lipinski definition) is 1. The number of aryl methyl sites for hydroxylation is 1. The van der Waals surface area contributed by atoms with E-state index in [9.17, 15) is 14.0 Å². The van der Waals surface area contributed by atoms with Crippen LogP contribution in [-0.4, -0.2) is 65.4 Å². The normalized spacial score (nSPS) is 16.3. The Bertz CT molecular complexity index is 1710. The number of hydrogen-bond acceptors (Lipinski definition) is 8. The predicted molar refractivity (Wildman–Crippen MR) is 152 cm³/mol. The maximum Gasteiger partial charge on any atom is 0.314 e. The van der Waals surface area contributed by atoms with Gasteiger partial charge in [0, 0.05) is 20.1 Å². The molecule has 1 unspecified atom stereocenters. The van der Waals surface area contributed by atoms with Crippen molar-refractivity contribution in [3.63, 3.8) is 0 Å². The van der Waals surface area contributed by atoms with Crippen LogP contribution < -0.4 is 24.3 Å². The maximum absolute atomic E-state index is 14.5. The summed E-state index contributed by atoms with van der Waals surface area (Å²) >= 11 is 0. The van der Waals surface area contributed by atoms with E-state index in [0.29, 0.717) is 42.4 Å². The topological polar surface area (TPSA) is 117 Å². The van der Waals surface area contributed by atoms with E-state index in [1.165, 1.54) is 30.0 Å². The number of methoxy groups -OCH3 is 2. The molecule has 222 valence electrons. The molecule has 4 aromatic rings. The van der Waals surface area contributed by atoms with E-state index < -0.39 is 17.8 Å². The fourth-order valence-corrected chi connectivity index (χ4v) is 5.42. The third kappa shape index (κ3) is 5.43. The van der Waals surface area contributed by atoms with E-state index in [2.05, 4.69) is 15.4 Å². The molecule has 3 aliphatic heterocycles. The highest BCUT2D eigenvalue weighted by Gasteiger charge is 2.35. The average Bonchev–Trinajstić information content (AvgIpc) is 3.40. The van der Waals surface area contributed by atoms with Gasteiger partial charge in [-0.15, -0.1) is 5.10 Å². The van der Waals surface area contributed by atoms with Crippen LogP contribution in [0.4, 0.5) is 4.39 Å². The van der Waals surface area contributed by atoms with E-state index in [1.54, 1.807) is 31.2 Å². The summed E-state index contributed by atoms with van der Waals surface area (Å²) < 4.78 is 38.9. The summed E-state index contributed by atoms with van der Waals surface area (Å²) in [6.45, 7) is 0.904. The molecule has 3 aliphatic rings. The van der Waals surface area contributed by atoms with Crippen molar-refractivity contribution in [3.05, 3.63) is 88.5 Å². The molecule has 7 rings (SSSR count). The van der Waals surface area contributed by atoms with Gasteiger partial charge < -0.3 is 29.2 Å². The lowest BCUT2D eigenvalue weighted by Crippen LogP contribution is -2.41. The van der Waals surface area contributed by atoms with Crippen LogP contribution in [0.3, 0.4) is 0 Å². The van der Waals surface area contributed by atoms with Gasteiger partial charge in [-0.05, 0) is 72.0 Å². The van der Waals surface area contributed by atoms with Gasteiger partial charge in [-0.1, -0.05) is 12.1 Å². The fourth-order valence-electron chi connectivity index (χ4n) is 5.42. The molecule has 1 N–H and O–H groups in total. The zero-order chi connectivity index (χ0) is 30.1. The summed E-state index contributed by atoms with van der Waals surface area (Å²) in [5, 5.41) is 7.02. The Labute approximate surface area is 247 Å². The summed E-state index contributed by atoms with van der Waals surface area (Å²) in [4.78, 5) is 32.6. The van der Waals surface area contributed by atoms with Crippen molar-refractivity contribution in [2.75, 3.05) is 33.9 Å². The Balaban J connectivity index is 1.45. The van der Waals surface area contributed by atoms with E-state index in [1.807, 2.05) is 24.3 Å². The Morgan fingerprint density at radius 1 is 1.07 bits per heavy atom. The van der Waals surface area contributed by atoms with Crippen LogP contribution in [-0.2, 0) is 13.5 Å². The Kier molecular flexibility index (Phi) is 7.58. The number of halogens is 1. The summed E-state index contributed by atoms with van der Waals surface area (Å²) in [7, 11) is 4.69. The number of carbonyl (C=O) groups excluding carboxylic acids is 2. The molecule has 0 saturated heterocycles. The van der Waals surface area contributed by atoms with Crippen LogP contribution >= 0.6 is 0 Å². The van der Waals surface area contributed by atoms with Gasteiger partial charge in [0.1, 0.15) is 17.3 Å². The minimum Gasteiger partial charge on any atom is -0.493 e. The molecule has 43 heavy (non-hydrogen) atoms. The number of carbonyl (C=O) groups is 2. The molecule has 2 amide bonds. The van der Waals surface area contributed by atoms with Crippen molar-refractivity contribution in [1.82, 2.24) is 25.0 Å². The first-order valence-electron chi connectivity index (χ1n) is 13.8. The summed E-state index contributed by atoms with van der Waals surface area (Å²) in [6.07, 6.45) is 0.998. The lowest BCUT2D eigenvalue weighted by Gasteiger charge is -2.37. The minimum atomic E-state index is -0.643. The molecule has 0 saturated carbocycles. The molecule has 11 nitrogen and oxygen atoms in total. The summed E-state index contributed by atoms with van der Waals surface area (Å²) in [6, 6.07) is 15.0. The Morgan fingerprint density at radius 2 is 1.88 bits per heavy atom. The van der Waals surface area contributed by atoms with E-state index >= 15 is 0 Å². The third-order valence-electron chi connectivity index (χ3n) is 7.49. The molecule has 3 aromatic carbocycles. The van der Waals surface area contributed by atoms with E-state index in [0.717, 1.165) is 16.7 Å². The molecule has 0 spiro atoms. The zero-order valence-electron chi connectivity index (χ0n) is 23.9. The number of ether oxygens (including phenoxy) is 4. The SMILES string of the molecule is COc1ccc2cc1OCCCNC(=O)c1cc(ccc1F)Oc1ccc3c(c1)CCN(C(=O)c1nc(OC)n(C)n1)C23. The van der Waals surface area contributed by atoms with Gasteiger partial charge in [-0.3, -0.25) is 9.59 Å². The number of rotatable bonds is 3. The highest BCUT2D eigenvalue weighted by atomic mass is 19.1. The van der Waals surface area contributed by atoms with Crippen LogP contribution in [0.5, 0.6) is 29.0 Å². The molecular formula is C31H30FN5O6. The molecule has 8 bridgehead atoms. The first-order valence-corrected chi connectivity index (χ1v) is 13.8. The summed E-state index contributed by atoms with van der Waals surface area (Å²) in [5.74, 6) is 0.363. The van der Waals surface area contributed by atoms with Gasteiger partial charge in [0.2, 0.25) is 5.82 Å². The molecule has 4 heterocycles. The molecule has 0 aliphatic carbocycles. The second-order valence-corrected chi connectivity index (χ2v) is 10.2. The molecular weight excluding hydrogens is 557 g/mol. The van der Waals surface area contributed by atoms with Gasteiger partial charge in [0.15, 0.2) is 11.5 Å². The third-order valence-corrected chi connectivity index (χ3v) is 7.49. The van der Waals surface area contributed by atoms with Crippen LogP contribution in [0.2, 0.25) is 0 Å². The molecule has 0 fully saturated rings. The number of nitrogens with one attached hydrogen (secondary N) is 1. The number of fused-ring (bicyclic) bond motifs is 6. The maximum atomic E-state index is 14.5. The van der Waals surface area contributed by atoms with Crippen molar-refractivity contribution in [1.29, 1.82) is 0 Å². The largest absolute Gasteiger partial charge is 0.493 e. The quantitative estimate of drug-likeness (QED) is 0.382. The van der Waals surface area contributed by atoms with Gasteiger partial charge in [0.25, 0.3) is 11.8 Å². The predicted octanol–water partition coefficient (Wildman–Crippen LogP) is 4.06. The number of nitrogens with zero attached hydrogens (tertiary/aromatic N) is 4. The molecule has 1 atom stereocenters. The highest BCUT2D eigenvalue weighted by Crippen LogP contribution is 2.41. The monoisotopic (exact) mass is 587 g/mol. The van der Waals surface area contributed by atoms with Gasteiger partial charge >= 0.3 is 6.01 Å². The minimum absolute atomic E-state index is 0.0290. The van der Waals surface area contributed by atoms with Gasteiger partial charge in [0.05, 0.1) is 32.4 Å². The fraction of sp³-hybridized carbons (Fsp3) is 0.290. The van der Waals surface area contributed by atoms with Crippen LogP contribution in [0.1, 0.15) is 50.1 Å². The number of aromatic nitrogens is 3. The first kappa shape index (κ1) is 28.0. The van der Waals surface area contributed by atoms with E-state index in [-0.39, 0.29) is 36.5 Å². The average molecular weight is 588 g/mol. The second-order valence-electron chi connectivity index (χ2n) is 10.2. The lowest BCUT2D eigenvalue weighted by atomic mass is 9.87. The van der Waals surface area contributed by atoms with Crippen LogP contribution in [0.15, 0.2) is 54.6 Å².